The van der Waals surface area contributed by atoms with E-state index in [0.717, 1.165) is 24.0 Å². The highest BCUT2D eigenvalue weighted by atomic mass is 16.5. The standard InChI is InChI=1S/C12H14BNO3/c1-8-4-3-7-17-10-6-5-9(13(15)16)12(14-2)11(8)10/h5-6,15-16H,1-4,7H2. The molecule has 0 radical (unpaired) electrons. The van der Waals surface area contributed by atoms with Crippen molar-refractivity contribution >= 4 is 30.6 Å². The topological polar surface area (TPSA) is 62.1 Å². The lowest BCUT2D eigenvalue weighted by Gasteiger charge is -2.14. The van der Waals surface area contributed by atoms with E-state index in [-0.39, 0.29) is 0 Å². The first-order chi connectivity index (χ1) is 8.15. The van der Waals surface area contributed by atoms with Gasteiger partial charge in [-0.3, -0.25) is 4.99 Å². The van der Waals surface area contributed by atoms with Crippen LogP contribution in [-0.2, 0) is 0 Å². The lowest BCUT2D eigenvalue weighted by atomic mass is 9.77. The Balaban J connectivity index is 2.65. The van der Waals surface area contributed by atoms with Gasteiger partial charge in [-0.05, 0) is 31.2 Å². The first-order valence-corrected chi connectivity index (χ1v) is 5.46. The molecule has 17 heavy (non-hydrogen) atoms. The normalized spacial score (nSPS) is 14.6. The molecule has 4 nitrogen and oxygen atoms in total. The molecular weight excluding hydrogens is 217 g/mol. The second-order valence-electron chi connectivity index (χ2n) is 3.96. The summed E-state index contributed by atoms with van der Waals surface area (Å²) >= 11 is 0. The van der Waals surface area contributed by atoms with Gasteiger partial charge in [-0.25, -0.2) is 0 Å². The van der Waals surface area contributed by atoms with Gasteiger partial charge in [-0.2, -0.15) is 0 Å². The summed E-state index contributed by atoms with van der Waals surface area (Å²) in [6.45, 7) is 8.10. The molecule has 88 valence electrons. The van der Waals surface area contributed by atoms with E-state index in [0.29, 0.717) is 23.5 Å². The summed E-state index contributed by atoms with van der Waals surface area (Å²) in [6.07, 6.45) is 1.70. The largest absolute Gasteiger partial charge is 0.493 e. The molecule has 0 unspecified atom stereocenters. The SMILES string of the molecule is C=Nc1c(B(O)O)ccc2c1C(=C)CCCO2. The van der Waals surface area contributed by atoms with Crippen LogP contribution in [0.2, 0.25) is 0 Å². The van der Waals surface area contributed by atoms with E-state index in [9.17, 15) is 10.0 Å². The van der Waals surface area contributed by atoms with Gasteiger partial charge in [0.15, 0.2) is 0 Å². The number of nitrogens with zero attached hydrogens (tertiary/aromatic N) is 1. The monoisotopic (exact) mass is 231 g/mol. The summed E-state index contributed by atoms with van der Waals surface area (Å²) in [5.74, 6) is 0.680. The lowest BCUT2D eigenvalue weighted by molar-refractivity contribution is 0.318. The average molecular weight is 231 g/mol. The number of rotatable bonds is 2. The van der Waals surface area contributed by atoms with E-state index in [2.05, 4.69) is 18.3 Å². The number of benzene rings is 1. The number of allylic oxidation sites excluding steroid dienone is 1. The highest BCUT2D eigenvalue weighted by molar-refractivity contribution is 6.60. The Hall–Kier alpha value is -1.59. The van der Waals surface area contributed by atoms with Gasteiger partial charge in [-0.1, -0.05) is 12.6 Å². The number of aliphatic imine (C=N–C) groups is 1. The fraction of sp³-hybridized carbons (Fsp3) is 0.250. The Morgan fingerprint density at radius 3 is 2.76 bits per heavy atom. The zero-order valence-corrected chi connectivity index (χ0v) is 9.52. The predicted molar refractivity (Wildman–Crippen MR) is 69.2 cm³/mol. The fourth-order valence-corrected chi connectivity index (χ4v) is 2.02. The minimum Gasteiger partial charge on any atom is -0.493 e. The van der Waals surface area contributed by atoms with Crippen LogP contribution < -0.4 is 10.2 Å². The zero-order valence-electron chi connectivity index (χ0n) is 9.52. The summed E-state index contributed by atoms with van der Waals surface area (Å²) in [6, 6.07) is 3.31. The number of hydrogen-bond donors (Lipinski definition) is 2. The Labute approximate surface area is 100 Å². The molecule has 0 saturated carbocycles. The molecule has 2 rings (SSSR count). The highest BCUT2D eigenvalue weighted by Crippen LogP contribution is 2.37. The first-order valence-electron chi connectivity index (χ1n) is 5.46. The molecule has 5 heteroatoms. The van der Waals surface area contributed by atoms with Crippen LogP contribution in [0.25, 0.3) is 5.57 Å². The second kappa shape index (κ2) is 4.73. The third-order valence-corrected chi connectivity index (χ3v) is 2.84. The van der Waals surface area contributed by atoms with Crippen molar-refractivity contribution in [2.24, 2.45) is 4.99 Å². The third-order valence-electron chi connectivity index (χ3n) is 2.84. The van der Waals surface area contributed by atoms with Crippen LogP contribution in [0.15, 0.2) is 23.7 Å². The van der Waals surface area contributed by atoms with E-state index in [1.54, 1.807) is 12.1 Å². The number of fused-ring (bicyclic) bond motifs is 1. The maximum Gasteiger partial charge on any atom is 0.490 e. The minimum absolute atomic E-state index is 0.324. The summed E-state index contributed by atoms with van der Waals surface area (Å²) < 4.78 is 5.58. The van der Waals surface area contributed by atoms with Crippen molar-refractivity contribution in [3.05, 3.63) is 24.3 Å². The average Bonchev–Trinajstić information content (AvgIpc) is 2.50. The Kier molecular flexibility index (Phi) is 3.31. The Morgan fingerprint density at radius 1 is 1.35 bits per heavy atom. The minimum atomic E-state index is -1.57. The van der Waals surface area contributed by atoms with Crippen LogP contribution in [0.3, 0.4) is 0 Å². The van der Waals surface area contributed by atoms with E-state index in [1.807, 2.05) is 0 Å². The molecule has 0 aliphatic carbocycles. The third kappa shape index (κ3) is 2.11. The van der Waals surface area contributed by atoms with E-state index >= 15 is 0 Å². The van der Waals surface area contributed by atoms with Crippen molar-refractivity contribution in [2.45, 2.75) is 12.8 Å². The number of ether oxygens (including phenoxy) is 1. The maximum absolute atomic E-state index is 9.29. The van der Waals surface area contributed by atoms with Crippen molar-refractivity contribution in [3.63, 3.8) is 0 Å². The second-order valence-corrected chi connectivity index (χ2v) is 3.96. The molecule has 0 fully saturated rings. The van der Waals surface area contributed by atoms with Crippen LogP contribution in [0.5, 0.6) is 5.75 Å². The van der Waals surface area contributed by atoms with Gasteiger partial charge in [0, 0.05) is 11.0 Å². The number of hydrogen-bond acceptors (Lipinski definition) is 4. The molecule has 1 heterocycles. The highest BCUT2D eigenvalue weighted by Gasteiger charge is 2.23. The predicted octanol–water partition coefficient (Wildman–Crippen LogP) is 0.884. The molecular formula is C12H14BNO3. The van der Waals surface area contributed by atoms with Crippen LogP contribution in [0, 0.1) is 0 Å². The van der Waals surface area contributed by atoms with Gasteiger partial charge in [0.2, 0.25) is 0 Å². The molecule has 0 spiro atoms. The van der Waals surface area contributed by atoms with Crippen LogP contribution >= 0.6 is 0 Å². The maximum atomic E-state index is 9.29. The smallest absolute Gasteiger partial charge is 0.490 e. The van der Waals surface area contributed by atoms with Gasteiger partial charge in [0.1, 0.15) is 5.75 Å². The molecule has 1 aliphatic heterocycles. The zero-order chi connectivity index (χ0) is 12.4. The van der Waals surface area contributed by atoms with Crippen molar-refractivity contribution < 1.29 is 14.8 Å². The van der Waals surface area contributed by atoms with Crippen LogP contribution in [-0.4, -0.2) is 30.5 Å². The van der Waals surface area contributed by atoms with Crippen molar-refractivity contribution in [2.75, 3.05) is 6.61 Å². The quantitative estimate of drug-likeness (QED) is 0.586. The molecule has 1 aliphatic rings. The molecule has 0 atom stereocenters. The Morgan fingerprint density at radius 2 is 2.12 bits per heavy atom. The summed E-state index contributed by atoms with van der Waals surface area (Å²) in [5, 5.41) is 18.6. The van der Waals surface area contributed by atoms with Gasteiger partial charge >= 0.3 is 7.12 Å². The summed E-state index contributed by atoms with van der Waals surface area (Å²) in [5.41, 5.74) is 2.40. The van der Waals surface area contributed by atoms with E-state index < -0.39 is 7.12 Å². The van der Waals surface area contributed by atoms with E-state index in [4.69, 9.17) is 4.74 Å². The van der Waals surface area contributed by atoms with Crippen molar-refractivity contribution in [1.29, 1.82) is 0 Å². The van der Waals surface area contributed by atoms with Gasteiger partial charge in [0.25, 0.3) is 0 Å². The van der Waals surface area contributed by atoms with Crippen LogP contribution in [0.4, 0.5) is 5.69 Å². The molecule has 1 aromatic carbocycles. The Bertz CT molecular complexity index is 471. The molecule has 1 aromatic rings. The van der Waals surface area contributed by atoms with Crippen LogP contribution in [0.1, 0.15) is 18.4 Å². The molecule has 0 bridgehead atoms. The molecule has 0 aromatic heterocycles. The van der Waals surface area contributed by atoms with Crippen molar-refractivity contribution in [1.82, 2.24) is 0 Å². The molecule has 0 saturated heterocycles. The molecule has 0 amide bonds. The van der Waals surface area contributed by atoms with Gasteiger partial charge in [0.05, 0.1) is 12.3 Å². The summed E-state index contributed by atoms with van der Waals surface area (Å²) in [4.78, 5) is 3.89. The van der Waals surface area contributed by atoms with E-state index in [1.165, 1.54) is 0 Å². The summed E-state index contributed by atoms with van der Waals surface area (Å²) in [7, 11) is -1.57. The van der Waals surface area contributed by atoms with Crippen molar-refractivity contribution in [3.8, 4) is 5.75 Å². The first kappa shape index (κ1) is 11.9. The van der Waals surface area contributed by atoms with Gasteiger partial charge < -0.3 is 14.8 Å². The lowest BCUT2D eigenvalue weighted by Crippen LogP contribution is -2.30. The molecule has 2 N–H and O–H groups in total. The fourth-order valence-electron chi connectivity index (χ4n) is 2.02. The van der Waals surface area contributed by atoms with Gasteiger partial charge in [-0.15, -0.1) is 0 Å².